The number of methoxy groups -OCH3 is 1. The Labute approximate surface area is 194 Å². The molecular weight excluding hydrogens is 442 g/mol. The molecule has 2 aromatic carbocycles. The highest BCUT2D eigenvalue weighted by atomic mass is 32.2. The number of nitrogens with one attached hydrogen (secondary N) is 3. The number of para-hydroxylation sites is 1. The van der Waals surface area contributed by atoms with Crippen LogP contribution in [0.15, 0.2) is 47.4 Å². The third kappa shape index (κ3) is 5.77. The van der Waals surface area contributed by atoms with Gasteiger partial charge in [-0.25, -0.2) is 18.1 Å². The molecule has 1 heterocycles. The second kappa shape index (κ2) is 9.32. The highest BCUT2D eigenvalue weighted by Gasteiger charge is 2.26. The fourth-order valence-corrected chi connectivity index (χ4v) is 4.74. The average Bonchev–Trinajstić information content (AvgIpc) is 3.22. The number of anilines is 1. The van der Waals surface area contributed by atoms with Crippen LogP contribution in [0.2, 0.25) is 0 Å². The molecule has 0 aliphatic rings. The van der Waals surface area contributed by atoms with Crippen molar-refractivity contribution in [3.05, 3.63) is 53.9 Å². The quantitative estimate of drug-likeness (QED) is 0.479. The summed E-state index contributed by atoms with van der Waals surface area (Å²) in [5.74, 6) is 1.04. The SMILES string of the molecule is COc1ccc(C(=O)Nc2ccccc2-c2n[nH]c(C(C)C)n2)cc1S(=O)(=O)NC(C)(C)C. The van der Waals surface area contributed by atoms with Crippen LogP contribution in [0.1, 0.15) is 56.7 Å². The molecule has 33 heavy (non-hydrogen) atoms. The molecule has 0 aliphatic heterocycles. The number of nitrogens with zero attached hydrogens (tertiary/aromatic N) is 2. The Morgan fingerprint density at radius 1 is 1.12 bits per heavy atom. The van der Waals surface area contributed by atoms with Crippen LogP contribution in [0.5, 0.6) is 5.75 Å². The summed E-state index contributed by atoms with van der Waals surface area (Å²) in [4.78, 5) is 17.4. The standard InChI is InChI=1S/C23H29N5O4S/c1-14(2)20-25-21(27-26-20)16-9-7-8-10-17(16)24-22(29)15-11-12-18(32-6)19(13-15)33(30,31)28-23(3,4)5/h7-14,28H,1-6H3,(H,24,29)(H,25,26,27). The number of sulfonamides is 1. The van der Waals surface area contributed by atoms with Gasteiger partial charge in [0, 0.05) is 22.6 Å². The van der Waals surface area contributed by atoms with E-state index in [9.17, 15) is 13.2 Å². The fourth-order valence-electron chi connectivity index (χ4n) is 3.12. The van der Waals surface area contributed by atoms with Gasteiger partial charge in [-0.1, -0.05) is 26.0 Å². The number of amides is 1. The predicted molar refractivity (Wildman–Crippen MR) is 127 cm³/mol. The lowest BCUT2D eigenvalue weighted by molar-refractivity contribution is 0.102. The van der Waals surface area contributed by atoms with E-state index in [1.807, 2.05) is 19.9 Å². The summed E-state index contributed by atoms with van der Waals surface area (Å²) in [6.07, 6.45) is 0. The summed E-state index contributed by atoms with van der Waals surface area (Å²) in [5.41, 5.74) is 0.610. The van der Waals surface area contributed by atoms with E-state index in [0.717, 1.165) is 5.82 Å². The molecule has 3 rings (SSSR count). The van der Waals surface area contributed by atoms with Crippen molar-refractivity contribution >= 4 is 21.6 Å². The molecule has 3 N–H and O–H groups in total. The molecule has 3 aromatic rings. The van der Waals surface area contributed by atoms with E-state index in [0.29, 0.717) is 17.1 Å². The number of hydrogen-bond donors (Lipinski definition) is 3. The molecular formula is C23H29N5O4S. The summed E-state index contributed by atoms with van der Waals surface area (Å²) < 4.78 is 33.6. The Balaban J connectivity index is 1.95. The highest BCUT2D eigenvalue weighted by Crippen LogP contribution is 2.29. The smallest absolute Gasteiger partial charge is 0.255 e. The molecule has 9 nitrogen and oxygen atoms in total. The van der Waals surface area contributed by atoms with Gasteiger partial charge in [-0.05, 0) is 51.1 Å². The Morgan fingerprint density at radius 3 is 2.42 bits per heavy atom. The van der Waals surface area contributed by atoms with E-state index in [1.165, 1.54) is 25.3 Å². The van der Waals surface area contributed by atoms with Crippen molar-refractivity contribution in [3.8, 4) is 17.1 Å². The highest BCUT2D eigenvalue weighted by molar-refractivity contribution is 7.89. The van der Waals surface area contributed by atoms with Gasteiger partial charge in [0.2, 0.25) is 10.0 Å². The molecule has 1 amide bonds. The van der Waals surface area contributed by atoms with Crippen LogP contribution in [0.3, 0.4) is 0 Å². The maximum absolute atomic E-state index is 13.1. The second-order valence-electron chi connectivity index (χ2n) is 8.92. The third-order valence-corrected chi connectivity index (χ3v) is 6.40. The second-order valence-corrected chi connectivity index (χ2v) is 10.6. The molecule has 1 aromatic heterocycles. The normalized spacial score (nSPS) is 12.1. The van der Waals surface area contributed by atoms with E-state index in [1.54, 1.807) is 39.0 Å². The van der Waals surface area contributed by atoms with Crippen molar-refractivity contribution < 1.29 is 17.9 Å². The Bertz CT molecular complexity index is 1260. The zero-order valence-corrected chi connectivity index (χ0v) is 20.4. The van der Waals surface area contributed by atoms with Gasteiger partial charge in [0.15, 0.2) is 5.82 Å². The molecule has 0 spiro atoms. The van der Waals surface area contributed by atoms with Crippen LogP contribution >= 0.6 is 0 Å². The summed E-state index contributed by atoms with van der Waals surface area (Å²) in [6, 6.07) is 11.4. The van der Waals surface area contributed by atoms with Crippen molar-refractivity contribution in [2.75, 3.05) is 12.4 Å². The average molecular weight is 472 g/mol. The maximum atomic E-state index is 13.1. The van der Waals surface area contributed by atoms with Crippen molar-refractivity contribution in [2.24, 2.45) is 0 Å². The lowest BCUT2D eigenvalue weighted by atomic mass is 10.1. The molecule has 0 unspecified atom stereocenters. The Morgan fingerprint density at radius 2 is 1.82 bits per heavy atom. The minimum absolute atomic E-state index is 0.114. The predicted octanol–water partition coefficient (Wildman–Crippen LogP) is 3.93. The van der Waals surface area contributed by atoms with Gasteiger partial charge in [-0.15, -0.1) is 0 Å². The first-order valence-electron chi connectivity index (χ1n) is 10.5. The number of ether oxygens (including phenoxy) is 1. The van der Waals surface area contributed by atoms with E-state index in [2.05, 4.69) is 25.2 Å². The molecule has 0 atom stereocenters. The Hall–Kier alpha value is -3.24. The largest absolute Gasteiger partial charge is 0.495 e. The van der Waals surface area contributed by atoms with Crippen LogP contribution in [0.25, 0.3) is 11.4 Å². The molecule has 0 bridgehead atoms. The molecule has 0 aliphatic carbocycles. The van der Waals surface area contributed by atoms with Crippen LogP contribution in [-0.2, 0) is 10.0 Å². The lowest BCUT2D eigenvalue weighted by Gasteiger charge is -2.21. The lowest BCUT2D eigenvalue weighted by Crippen LogP contribution is -2.40. The topological polar surface area (TPSA) is 126 Å². The van der Waals surface area contributed by atoms with Crippen LogP contribution in [0.4, 0.5) is 5.69 Å². The summed E-state index contributed by atoms with van der Waals surface area (Å²) >= 11 is 0. The van der Waals surface area contributed by atoms with Crippen molar-refractivity contribution in [3.63, 3.8) is 0 Å². The third-order valence-electron chi connectivity index (χ3n) is 4.62. The van der Waals surface area contributed by atoms with E-state index >= 15 is 0 Å². The summed E-state index contributed by atoms with van der Waals surface area (Å²) in [6.45, 7) is 9.21. The summed E-state index contributed by atoms with van der Waals surface area (Å²) in [7, 11) is -2.55. The van der Waals surface area contributed by atoms with Crippen LogP contribution in [0, 0.1) is 0 Å². The van der Waals surface area contributed by atoms with Crippen molar-refractivity contribution in [2.45, 2.75) is 51.0 Å². The van der Waals surface area contributed by atoms with Crippen LogP contribution < -0.4 is 14.8 Å². The van der Waals surface area contributed by atoms with E-state index in [4.69, 9.17) is 4.74 Å². The van der Waals surface area contributed by atoms with Gasteiger partial charge in [0.05, 0.1) is 12.8 Å². The number of benzene rings is 2. The first-order valence-corrected chi connectivity index (χ1v) is 11.9. The fraction of sp³-hybridized carbons (Fsp3) is 0.348. The molecule has 0 radical (unpaired) electrons. The number of carbonyl (C=O) groups excluding carboxylic acids is 1. The number of aromatic nitrogens is 3. The van der Waals surface area contributed by atoms with Crippen molar-refractivity contribution in [1.29, 1.82) is 0 Å². The number of aromatic amines is 1. The first kappa shape index (κ1) is 24.4. The monoisotopic (exact) mass is 471 g/mol. The summed E-state index contributed by atoms with van der Waals surface area (Å²) in [5, 5.41) is 10.0. The number of carbonyl (C=O) groups is 1. The van der Waals surface area contributed by atoms with Crippen molar-refractivity contribution in [1.82, 2.24) is 19.9 Å². The Kier molecular flexibility index (Phi) is 6.89. The molecule has 0 saturated carbocycles. The zero-order valence-electron chi connectivity index (χ0n) is 19.6. The number of rotatable bonds is 7. The van der Waals surface area contributed by atoms with Gasteiger partial charge >= 0.3 is 0 Å². The van der Waals surface area contributed by atoms with Gasteiger partial charge in [-0.3, -0.25) is 9.89 Å². The maximum Gasteiger partial charge on any atom is 0.255 e. The minimum atomic E-state index is -3.93. The van der Waals surface area contributed by atoms with Crippen LogP contribution in [-0.4, -0.2) is 42.2 Å². The number of hydrogen-bond acceptors (Lipinski definition) is 6. The minimum Gasteiger partial charge on any atom is -0.495 e. The first-order chi connectivity index (χ1) is 15.4. The molecule has 0 saturated heterocycles. The molecule has 10 heteroatoms. The van der Waals surface area contributed by atoms with E-state index < -0.39 is 21.5 Å². The van der Waals surface area contributed by atoms with Gasteiger partial charge < -0.3 is 10.1 Å². The zero-order chi connectivity index (χ0) is 24.4. The van der Waals surface area contributed by atoms with Gasteiger partial charge in [-0.2, -0.15) is 5.10 Å². The molecule has 176 valence electrons. The van der Waals surface area contributed by atoms with E-state index in [-0.39, 0.29) is 22.1 Å². The van der Waals surface area contributed by atoms with Gasteiger partial charge in [0.1, 0.15) is 16.5 Å². The number of H-pyrrole nitrogens is 1. The molecule has 0 fully saturated rings. The van der Waals surface area contributed by atoms with Gasteiger partial charge in [0.25, 0.3) is 5.91 Å².